The Kier molecular flexibility index (Phi) is 6.86. The van der Waals surface area contributed by atoms with Gasteiger partial charge < -0.3 is 10.4 Å². The van der Waals surface area contributed by atoms with Crippen molar-refractivity contribution in [3.8, 4) is 0 Å². The van der Waals surface area contributed by atoms with E-state index in [-0.39, 0.29) is 0 Å². The first-order chi connectivity index (χ1) is 8.74. The molecule has 1 aromatic heterocycles. The van der Waals surface area contributed by atoms with E-state index in [0.29, 0.717) is 18.6 Å². The van der Waals surface area contributed by atoms with Gasteiger partial charge >= 0.3 is 5.97 Å². The molecule has 1 atom stereocenters. The average Bonchev–Trinajstić information content (AvgIpc) is 2.38. The molecule has 1 aromatic rings. The summed E-state index contributed by atoms with van der Waals surface area (Å²) in [6.45, 7) is 0. The Balaban J connectivity index is 2.14. The molecule has 2 N–H and O–H groups in total. The van der Waals surface area contributed by atoms with Crippen LogP contribution in [0.1, 0.15) is 12.0 Å². The lowest BCUT2D eigenvalue weighted by Crippen LogP contribution is -2.36. The number of carbonyl (C=O) groups is 2. The molecule has 0 fully saturated rings. The lowest BCUT2D eigenvalue weighted by Gasteiger charge is -2.10. The van der Waals surface area contributed by atoms with Crippen molar-refractivity contribution in [1.29, 1.82) is 0 Å². The van der Waals surface area contributed by atoms with Gasteiger partial charge in [-0.05, 0) is 42.0 Å². The number of nitrogens with one attached hydrogen (secondary N) is 1. The molecule has 0 radical (unpaired) electrons. The first-order valence-corrected chi connectivity index (χ1v) is 6.78. The maximum Gasteiger partial charge on any atom is 0.326 e. The predicted octanol–water partition coefficient (Wildman–Crippen LogP) is 0.947. The lowest BCUT2D eigenvalue weighted by molar-refractivity contribution is -0.140. The van der Waals surface area contributed by atoms with Gasteiger partial charge in [0.1, 0.15) is 6.04 Å². The summed E-state index contributed by atoms with van der Waals surface area (Å²) < 4.78 is 0. The fourth-order valence-corrected chi connectivity index (χ4v) is 2.39. The summed E-state index contributed by atoms with van der Waals surface area (Å²) in [4.78, 5) is 24.9. The number of aryl methyl sites for hydroxylation is 1. The second-order valence-corrected chi connectivity index (χ2v) is 4.91. The van der Waals surface area contributed by atoms with Crippen LogP contribution in [-0.4, -0.2) is 40.0 Å². The van der Waals surface area contributed by atoms with Gasteiger partial charge in [0, 0.05) is 12.4 Å². The predicted molar refractivity (Wildman–Crippen MR) is 70.5 cm³/mol. The van der Waals surface area contributed by atoms with E-state index in [1.165, 1.54) is 5.56 Å². The number of amides is 1. The largest absolute Gasteiger partial charge is 0.480 e. The number of rotatable bonds is 9. The second-order valence-electron chi connectivity index (χ2n) is 3.68. The van der Waals surface area contributed by atoms with Gasteiger partial charge in [-0.2, -0.15) is 11.8 Å². The Morgan fingerprint density at radius 2 is 2.17 bits per heavy atom. The zero-order valence-electron chi connectivity index (χ0n) is 9.91. The van der Waals surface area contributed by atoms with Crippen molar-refractivity contribution in [2.45, 2.75) is 18.9 Å². The third-order valence-corrected chi connectivity index (χ3v) is 3.42. The third kappa shape index (κ3) is 5.67. The summed E-state index contributed by atoms with van der Waals surface area (Å²) in [5, 5.41) is 11.1. The van der Waals surface area contributed by atoms with Crippen LogP contribution < -0.4 is 5.32 Å². The Bertz CT molecular complexity index is 373. The highest BCUT2D eigenvalue weighted by atomic mass is 32.2. The highest BCUT2D eigenvalue weighted by Crippen LogP contribution is 2.09. The van der Waals surface area contributed by atoms with Crippen molar-refractivity contribution >= 4 is 24.1 Å². The molecule has 18 heavy (non-hydrogen) atoms. The van der Waals surface area contributed by atoms with Crippen molar-refractivity contribution in [3.05, 3.63) is 30.1 Å². The normalized spacial score (nSPS) is 11.8. The van der Waals surface area contributed by atoms with Gasteiger partial charge in [0.2, 0.25) is 6.41 Å². The highest BCUT2D eigenvalue weighted by Gasteiger charge is 2.15. The van der Waals surface area contributed by atoms with Crippen LogP contribution in [0.3, 0.4) is 0 Å². The van der Waals surface area contributed by atoms with Crippen LogP contribution in [0.4, 0.5) is 0 Å². The van der Waals surface area contributed by atoms with Crippen LogP contribution in [0.15, 0.2) is 24.5 Å². The molecule has 0 aliphatic rings. The first kappa shape index (κ1) is 14.5. The molecule has 1 heterocycles. The van der Waals surface area contributed by atoms with Crippen molar-refractivity contribution in [3.63, 3.8) is 0 Å². The number of carboxylic acids is 1. The molecule has 0 saturated heterocycles. The minimum atomic E-state index is -0.989. The zero-order valence-corrected chi connectivity index (χ0v) is 10.7. The molecule has 0 spiro atoms. The van der Waals surface area contributed by atoms with Crippen molar-refractivity contribution in [2.75, 3.05) is 11.5 Å². The van der Waals surface area contributed by atoms with E-state index in [0.717, 1.165) is 12.2 Å². The molecule has 1 rings (SSSR count). The summed E-state index contributed by atoms with van der Waals surface area (Å²) in [6, 6.07) is 3.15. The number of aliphatic carboxylic acids is 1. The first-order valence-electron chi connectivity index (χ1n) is 5.63. The molecule has 98 valence electrons. The van der Waals surface area contributed by atoms with E-state index in [4.69, 9.17) is 5.11 Å². The number of nitrogens with zero attached hydrogens (tertiary/aromatic N) is 1. The van der Waals surface area contributed by atoms with Gasteiger partial charge in [-0.1, -0.05) is 0 Å². The maximum absolute atomic E-state index is 10.7. The maximum atomic E-state index is 10.7. The number of thioether (sulfide) groups is 1. The number of pyridine rings is 1. The topological polar surface area (TPSA) is 79.3 Å². The number of hydrogen-bond donors (Lipinski definition) is 2. The molecule has 0 aliphatic heterocycles. The quantitative estimate of drug-likeness (QED) is 0.515. The van der Waals surface area contributed by atoms with Gasteiger partial charge in [0.25, 0.3) is 0 Å². The minimum absolute atomic E-state index is 0.431. The SMILES string of the molecule is O=CNC(CCSCCc1ccncc1)C(=O)O. The molecule has 1 unspecified atom stereocenters. The Labute approximate surface area is 110 Å². The molecule has 6 heteroatoms. The number of carbonyl (C=O) groups excluding carboxylic acids is 1. The fraction of sp³-hybridized carbons (Fsp3) is 0.417. The Morgan fingerprint density at radius 1 is 1.44 bits per heavy atom. The van der Waals surface area contributed by atoms with Gasteiger partial charge in [-0.25, -0.2) is 4.79 Å². The van der Waals surface area contributed by atoms with Crippen LogP contribution in [-0.2, 0) is 16.0 Å². The molecule has 1 amide bonds. The van der Waals surface area contributed by atoms with Crippen LogP contribution in [0, 0.1) is 0 Å². The van der Waals surface area contributed by atoms with Crippen molar-refractivity contribution in [1.82, 2.24) is 10.3 Å². The smallest absolute Gasteiger partial charge is 0.326 e. The molecule has 0 aromatic carbocycles. The highest BCUT2D eigenvalue weighted by molar-refractivity contribution is 7.99. The van der Waals surface area contributed by atoms with Gasteiger partial charge in [0.05, 0.1) is 0 Å². The Morgan fingerprint density at radius 3 is 2.78 bits per heavy atom. The lowest BCUT2D eigenvalue weighted by atomic mass is 10.2. The average molecular weight is 268 g/mol. The number of carboxylic acid groups (broad SMARTS) is 1. The fourth-order valence-electron chi connectivity index (χ4n) is 1.40. The van der Waals surface area contributed by atoms with E-state index in [2.05, 4.69) is 10.3 Å². The molecular weight excluding hydrogens is 252 g/mol. The van der Waals surface area contributed by atoms with E-state index < -0.39 is 12.0 Å². The minimum Gasteiger partial charge on any atom is -0.480 e. The van der Waals surface area contributed by atoms with E-state index >= 15 is 0 Å². The van der Waals surface area contributed by atoms with E-state index in [1.807, 2.05) is 12.1 Å². The monoisotopic (exact) mass is 268 g/mol. The molecule has 0 saturated carbocycles. The zero-order chi connectivity index (χ0) is 13.2. The summed E-state index contributed by atoms with van der Waals surface area (Å²) in [5.74, 6) is 0.650. The van der Waals surface area contributed by atoms with Gasteiger partial charge in [0.15, 0.2) is 0 Å². The standard InChI is InChI=1S/C12H16N2O3S/c15-9-14-11(12(16)17)4-8-18-7-3-10-1-5-13-6-2-10/h1-2,5-6,9,11H,3-4,7-8H2,(H,14,15)(H,16,17). The van der Waals surface area contributed by atoms with Crippen molar-refractivity contribution in [2.24, 2.45) is 0 Å². The van der Waals surface area contributed by atoms with Crippen molar-refractivity contribution < 1.29 is 14.7 Å². The molecule has 0 aliphatic carbocycles. The number of aromatic nitrogens is 1. The van der Waals surface area contributed by atoms with E-state index in [1.54, 1.807) is 24.2 Å². The third-order valence-electron chi connectivity index (χ3n) is 2.40. The molecule has 5 nitrogen and oxygen atoms in total. The van der Waals surface area contributed by atoms with Crippen LogP contribution in [0.25, 0.3) is 0 Å². The summed E-state index contributed by atoms with van der Waals surface area (Å²) in [7, 11) is 0. The Hall–Kier alpha value is -1.56. The van der Waals surface area contributed by atoms with Gasteiger partial charge in [-0.15, -0.1) is 0 Å². The van der Waals surface area contributed by atoms with Crippen LogP contribution in [0.5, 0.6) is 0 Å². The molecule has 0 bridgehead atoms. The summed E-state index contributed by atoms with van der Waals surface area (Å²) in [5.41, 5.74) is 1.22. The van der Waals surface area contributed by atoms with Crippen LogP contribution in [0.2, 0.25) is 0 Å². The van der Waals surface area contributed by atoms with Crippen LogP contribution >= 0.6 is 11.8 Å². The van der Waals surface area contributed by atoms with E-state index in [9.17, 15) is 9.59 Å². The number of hydrogen-bond acceptors (Lipinski definition) is 4. The summed E-state index contributed by atoms with van der Waals surface area (Å²) in [6.07, 6.45) is 5.32. The summed E-state index contributed by atoms with van der Waals surface area (Å²) >= 11 is 1.68. The molecular formula is C12H16N2O3S. The van der Waals surface area contributed by atoms with Gasteiger partial charge in [-0.3, -0.25) is 9.78 Å². The second kappa shape index (κ2) is 8.52.